The van der Waals surface area contributed by atoms with E-state index in [9.17, 15) is 27.6 Å². The van der Waals surface area contributed by atoms with E-state index in [1.165, 1.54) is 18.2 Å². The third kappa shape index (κ3) is 5.36. The van der Waals surface area contributed by atoms with Gasteiger partial charge in [-0.15, -0.1) is 0 Å². The van der Waals surface area contributed by atoms with Gasteiger partial charge in [0.2, 0.25) is 0 Å². The summed E-state index contributed by atoms with van der Waals surface area (Å²) in [4.78, 5) is 43.1. The molecule has 7 nitrogen and oxygen atoms in total. The summed E-state index contributed by atoms with van der Waals surface area (Å²) in [6, 6.07) is 3.75. The molecule has 0 saturated heterocycles. The van der Waals surface area contributed by atoms with E-state index < -0.39 is 37.2 Å². The van der Waals surface area contributed by atoms with Crippen LogP contribution in [0.5, 0.6) is 0 Å². The molecule has 1 aromatic carbocycles. The lowest BCUT2D eigenvalue weighted by molar-refractivity contribution is -0.167. The molecule has 1 amide bonds. The summed E-state index contributed by atoms with van der Waals surface area (Å²) < 4.78 is 45.6. The van der Waals surface area contributed by atoms with Crippen molar-refractivity contribution in [2.45, 2.75) is 64.2 Å². The average Bonchev–Trinajstić information content (AvgIpc) is 3.61. The lowest BCUT2D eigenvalue weighted by atomic mass is 10.1. The Morgan fingerprint density at radius 2 is 2.00 bits per heavy atom. The van der Waals surface area contributed by atoms with Crippen molar-refractivity contribution in [2.75, 3.05) is 13.2 Å². The number of benzene rings is 1. The van der Waals surface area contributed by atoms with Gasteiger partial charge < -0.3 is 9.64 Å². The number of carbonyl (C=O) groups is 2. The molecule has 1 atom stereocenters. The van der Waals surface area contributed by atoms with Gasteiger partial charge in [-0.3, -0.25) is 14.2 Å². The predicted molar refractivity (Wildman–Crippen MR) is 114 cm³/mol. The van der Waals surface area contributed by atoms with Crippen LogP contribution in [-0.2, 0) is 22.5 Å². The molecule has 2 aliphatic rings. The first-order chi connectivity index (χ1) is 15.6. The normalized spacial score (nSPS) is 17.2. The molecule has 1 saturated carbocycles. The summed E-state index contributed by atoms with van der Waals surface area (Å²) in [5.41, 5.74) is 0.275. The van der Waals surface area contributed by atoms with Crippen molar-refractivity contribution in [2.24, 2.45) is 5.92 Å². The van der Waals surface area contributed by atoms with Crippen molar-refractivity contribution in [1.82, 2.24) is 14.5 Å². The highest BCUT2D eigenvalue weighted by Crippen LogP contribution is 2.36. The second-order valence-electron chi connectivity index (χ2n) is 8.82. The van der Waals surface area contributed by atoms with Crippen LogP contribution in [0.3, 0.4) is 0 Å². The number of aromatic nitrogens is 2. The van der Waals surface area contributed by atoms with E-state index in [4.69, 9.17) is 4.74 Å². The van der Waals surface area contributed by atoms with Crippen LogP contribution >= 0.6 is 0 Å². The lowest BCUT2D eigenvalue weighted by Crippen LogP contribution is -2.47. The van der Waals surface area contributed by atoms with Crippen LogP contribution in [0.4, 0.5) is 13.2 Å². The molecule has 1 aromatic heterocycles. The Balaban J connectivity index is 1.49. The summed E-state index contributed by atoms with van der Waals surface area (Å²) >= 11 is 0. The van der Waals surface area contributed by atoms with Gasteiger partial charge in [-0.2, -0.15) is 13.2 Å². The molecular weight excluding hydrogens is 439 g/mol. The Bertz CT molecular complexity index is 1120. The van der Waals surface area contributed by atoms with E-state index in [2.05, 4.69) is 4.98 Å². The Hall–Kier alpha value is -2.91. The first kappa shape index (κ1) is 23.3. The second-order valence-corrected chi connectivity index (χ2v) is 8.82. The molecular formula is C23H26F3N3O4. The van der Waals surface area contributed by atoms with Crippen molar-refractivity contribution in [3.63, 3.8) is 0 Å². The zero-order valence-corrected chi connectivity index (χ0v) is 18.4. The van der Waals surface area contributed by atoms with Gasteiger partial charge in [0.15, 0.2) is 6.61 Å². The number of nitrogens with zero attached hydrogens (tertiary/aromatic N) is 3. The molecule has 4 rings (SSSR count). The highest BCUT2D eigenvalue weighted by atomic mass is 19.4. The minimum atomic E-state index is -4.54. The number of halogens is 3. The van der Waals surface area contributed by atoms with Gasteiger partial charge in [-0.25, -0.2) is 9.78 Å². The van der Waals surface area contributed by atoms with Gasteiger partial charge in [0.1, 0.15) is 12.4 Å². The average molecular weight is 465 g/mol. The molecule has 10 heteroatoms. The smallest absolute Gasteiger partial charge is 0.406 e. The highest BCUT2D eigenvalue weighted by molar-refractivity contribution is 5.95. The monoisotopic (exact) mass is 465 g/mol. The Kier molecular flexibility index (Phi) is 6.45. The van der Waals surface area contributed by atoms with E-state index in [0.29, 0.717) is 29.7 Å². The zero-order chi connectivity index (χ0) is 23.8. The van der Waals surface area contributed by atoms with Crippen LogP contribution in [0.25, 0.3) is 10.9 Å². The summed E-state index contributed by atoms with van der Waals surface area (Å²) in [7, 11) is 0. The minimum absolute atomic E-state index is 0.0350. The number of amides is 1. The highest BCUT2D eigenvalue weighted by Gasteiger charge is 2.40. The maximum Gasteiger partial charge on any atom is 0.406 e. The molecule has 0 unspecified atom stereocenters. The molecule has 1 aliphatic carbocycles. The Morgan fingerprint density at radius 1 is 1.24 bits per heavy atom. The number of hydrogen-bond donors (Lipinski definition) is 0. The number of esters is 1. The molecule has 33 heavy (non-hydrogen) atoms. The fraction of sp³-hybridized carbons (Fsp3) is 0.565. The van der Waals surface area contributed by atoms with Crippen LogP contribution in [0.2, 0.25) is 0 Å². The largest absolute Gasteiger partial charge is 0.452 e. The third-order valence-electron chi connectivity index (χ3n) is 6.34. The summed E-state index contributed by atoms with van der Waals surface area (Å²) in [6.07, 6.45) is 0.516. The molecule has 2 aromatic rings. The maximum atomic E-state index is 13.0. The SMILES string of the molecule is C[C@@H](C1CC1)N(CC(F)(F)F)C(=O)COC(=O)c1ccc2c(=O)n3c(nc2c1)CCCCC3. The summed E-state index contributed by atoms with van der Waals surface area (Å²) in [6.45, 7) is 0.0244. The van der Waals surface area contributed by atoms with E-state index in [-0.39, 0.29) is 17.0 Å². The van der Waals surface area contributed by atoms with Gasteiger partial charge in [-0.05, 0) is 56.7 Å². The fourth-order valence-electron chi connectivity index (χ4n) is 4.32. The first-order valence-electron chi connectivity index (χ1n) is 11.2. The number of aryl methyl sites for hydroxylation is 1. The first-order valence-corrected chi connectivity index (χ1v) is 11.2. The number of ether oxygens (including phenoxy) is 1. The zero-order valence-electron chi connectivity index (χ0n) is 18.4. The Morgan fingerprint density at radius 3 is 2.70 bits per heavy atom. The quantitative estimate of drug-likeness (QED) is 0.611. The van der Waals surface area contributed by atoms with Gasteiger partial charge in [-0.1, -0.05) is 6.42 Å². The van der Waals surface area contributed by atoms with E-state index in [1.807, 2.05) is 0 Å². The molecule has 0 radical (unpaired) electrons. The number of hydrogen-bond acceptors (Lipinski definition) is 5. The molecule has 1 aliphatic heterocycles. The van der Waals surface area contributed by atoms with Gasteiger partial charge in [0.25, 0.3) is 11.5 Å². The number of rotatable bonds is 6. The maximum absolute atomic E-state index is 13.0. The van der Waals surface area contributed by atoms with Gasteiger partial charge in [0.05, 0.1) is 16.5 Å². The fourth-order valence-corrected chi connectivity index (χ4v) is 4.32. The summed E-state index contributed by atoms with van der Waals surface area (Å²) in [5.74, 6) is -1.04. The van der Waals surface area contributed by atoms with E-state index in [0.717, 1.165) is 37.0 Å². The van der Waals surface area contributed by atoms with Crippen LogP contribution in [0, 0.1) is 5.92 Å². The molecule has 2 heterocycles. The van der Waals surface area contributed by atoms with E-state index >= 15 is 0 Å². The number of fused-ring (bicyclic) bond motifs is 2. The molecule has 0 bridgehead atoms. The second kappa shape index (κ2) is 9.15. The van der Waals surface area contributed by atoms with Crippen molar-refractivity contribution >= 4 is 22.8 Å². The predicted octanol–water partition coefficient (Wildman–Crippen LogP) is 3.47. The standard InChI is InChI=1S/C23H26F3N3O4/c1-14(15-6-7-15)29(13-23(24,25)26)20(30)12-33-22(32)16-8-9-17-18(11-16)27-19-5-3-2-4-10-28(19)21(17)31/h8-9,11,14-15H,2-7,10,12-13H2,1H3/t14-/m0/s1. The lowest BCUT2D eigenvalue weighted by Gasteiger charge is -2.30. The van der Waals surface area contributed by atoms with Crippen LogP contribution in [0.1, 0.15) is 55.2 Å². The van der Waals surface area contributed by atoms with Crippen molar-refractivity contribution in [3.05, 3.63) is 39.9 Å². The van der Waals surface area contributed by atoms with Crippen molar-refractivity contribution in [3.8, 4) is 0 Å². The number of alkyl halides is 3. The number of carbonyl (C=O) groups excluding carboxylic acids is 2. The molecule has 178 valence electrons. The topological polar surface area (TPSA) is 81.5 Å². The van der Waals surface area contributed by atoms with Crippen LogP contribution in [-0.4, -0.2) is 51.7 Å². The van der Waals surface area contributed by atoms with E-state index in [1.54, 1.807) is 11.5 Å². The van der Waals surface area contributed by atoms with Crippen LogP contribution < -0.4 is 5.56 Å². The summed E-state index contributed by atoms with van der Waals surface area (Å²) in [5, 5.41) is 0.378. The van der Waals surface area contributed by atoms with Crippen LogP contribution in [0.15, 0.2) is 23.0 Å². The third-order valence-corrected chi connectivity index (χ3v) is 6.34. The van der Waals surface area contributed by atoms with Gasteiger partial charge >= 0.3 is 12.1 Å². The van der Waals surface area contributed by atoms with Gasteiger partial charge in [0, 0.05) is 19.0 Å². The minimum Gasteiger partial charge on any atom is -0.452 e. The molecule has 0 N–H and O–H groups in total. The molecule has 1 fully saturated rings. The molecule has 0 spiro atoms. The van der Waals surface area contributed by atoms with Crippen molar-refractivity contribution < 1.29 is 27.5 Å². The Labute approximate surface area is 188 Å². The van der Waals surface area contributed by atoms with Crippen molar-refractivity contribution in [1.29, 1.82) is 0 Å².